The molecular formula is C19H28N6OS. The summed E-state index contributed by atoms with van der Waals surface area (Å²) in [5.41, 5.74) is 1.57. The molecule has 0 N–H and O–H groups in total. The van der Waals surface area contributed by atoms with Crippen molar-refractivity contribution < 1.29 is 4.79 Å². The van der Waals surface area contributed by atoms with Gasteiger partial charge in [0, 0.05) is 26.1 Å². The van der Waals surface area contributed by atoms with E-state index < -0.39 is 0 Å². The van der Waals surface area contributed by atoms with Crippen molar-refractivity contribution >= 4 is 17.2 Å². The fourth-order valence-corrected chi connectivity index (χ4v) is 5.06. The van der Waals surface area contributed by atoms with Gasteiger partial charge in [-0.15, -0.1) is 5.10 Å². The Morgan fingerprint density at radius 1 is 1.41 bits per heavy atom. The van der Waals surface area contributed by atoms with Gasteiger partial charge in [0.05, 0.1) is 6.54 Å². The molecule has 2 aliphatic rings. The zero-order valence-corrected chi connectivity index (χ0v) is 17.0. The average molecular weight is 389 g/mol. The predicted octanol–water partition coefficient (Wildman–Crippen LogP) is 2.55. The van der Waals surface area contributed by atoms with Crippen LogP contribution < -0.4 is 0 Å². The maximum absolute atomic E-state index is 12.2. The number of piperidine rings is 1. The van der Waals surface area contributed by atoms with Crippen LogP contribution in [0.2, 0.25) is 0 Å². The van der Waals surface area contributed by atoms with Crippen LogP contribution in [0.4, 0.5) is 0 Å². The quantitative estimate of drug-likeness (QED) is 0.729. The van der Waals surface area contributed by atoms with Crippen molar-refractivity contribution in [3.63, 3.8) is 0 Å². The topological polar surface area (TPSA) is 67.2 Å². The summed E-state index contributed by atoms with van der Waals surface area (Å²) >= 11 is 1.70. The summed E-state index contributed by atoms with van der Waals surface area (Å²) in [4.78, 5) is 16.8. The Labute approximate surface area is 164 Å². The lowest BCUT2D eigenvalue weighted by Crippen LogP contribution is -2.40. The molecule has 8 heteroatoms. The zero-order chi connectivity index (χ0) is 18.9. The van der Waals surface area contributed by atoms with Crippen LogP contribution in [0.15, 0.2) is 16.8 Å². The van der Waals surface area contributed by atoms with Gasteiger partial charge in [0.2, 0.25) is 5.91 Å². The maximum atomic E-state index is 12.2. The first-order valence-corrected chi connectivity index (χ1v) is 10.8. The molecule has 1 aliphatic carbocycles. The molecule has 0 radical (unpaired) electrons. The molecule has 3 heterocycles. The van der Waals surface area contributed by atoms with Crippen LogP contribution in [0.3, 0.4) is 0 Å². The smallest absolute Gasteiger partial charge is 0.220 e. The normalized spacial score (nSPS) is 21.5. The second kappa shape index (κ2) is 7.67. The van der Waals surface area contributed by atoms with Crippen LogP contribution >= 0.6 is 11.3 Å². The van der Waals surface area contributed by atoms with Crippen molar-refractivity contribution in [2.75, 3.05) is 13.1 Å². The van der Waals surface area contributed by atoms with E-state index in [0.717, 1.165) is 64.2 Å². The molecule has 27 heavy (non-hydrogen) atoms. The number of carbonyl (C=O) groups is 1. The SMILES string of the molecule is CCCn1nnnc1CN1CCC2(CC1)CC2N(Cc1ccsc1)C(C)=O. The van der Waals surface area contributed by atoms with Crippen molar-refractivity contribution in [1.29, 1.82) is 0 Å². The lowest BCUT2D eigenvalue weighted by molar-refractivity contribution is -0.130. The van der Waals surface area contributed by atoms with Crippen LogP contribution in [0.1, 0.15) is 50.9 Å². The standard InChI is InChI=1S/C19H28N6OS/c1-3-7-25-18(20-21-22-25)13-23-8-5-19(6-9-23)11-17(19)24(15(2)26)12-16-4-10-27-14-16/h4,10,14,17H,3,5-9,11-13H2,1-2H3. The molecule has 1 saturated carbocycles. The number of hydrogen-bond acceptors (Lipinski definition) is 6. The van der Waals surface area contributed by atoms with Crippen molar-refractivity contribution in [2.24, 2.45) is 5.41 Å². The molecule has 146 valence electrons. The predicted molar refractivity (Wildman–Crippen MR) is 104 cm³/mol. The molecule has 1 spiro atoms. The van der Waals surface area contributed by atoms with Crippen molar-refractivity contribution in [3.8, 4) is 0 Å². The summed E-state index contributed by atoms with van der Waals surface area (Å²) in [6.45, 7) is 8.40. The minimum absolute atomic E-state index is 0.198. The highest BCUT2D eigenvalue weighted by atomic mass is 32.1. The summed E-state index contributed by atoms with van der Waals surface area (Å²) in [6, 6.07) is 2.53. The van der Waals surface area contributed by atoms with Crippen LogP contribution in [-0.2, 0) is 24.4 Å². The number of thiophene rings is 1. The largest absolute Gasteiger partial charge is 0.335 e. The Morgan fingerprint density at radius 3 is 2.89 bits per heavy atom. The highest BCUT2D eigenvalue weighted by molar-refractivity contribution is 7.07. The van der Waals surface area contributed by atoms with Gasteiger partial charge in [0.25, 0.3) is 0 Å². The van der Waals surface area contributed by atoms with E-state index in [1.807, 2.05) is 4.68 Å². The maximum Gasteiger partial charge on any atom is 0.220 e. The first-order valence-electron chi connectivity index (χ1n) is 9.87. The van der Waals surface area contributed by atoms with Gasteiger partial charge in [-0.25, -0.2) is 4.68 Å². The number of nitrogens with zero attached hydrogens (tertiary/aromatic N) is 6. The number of amides is 1. The third kappa shape index (κ3) is 3.91. The fourth-order valence-electron chi connectivity index (χ4n) is 4.40. The van der Waals surface area contributed by atoms with Crippen molar-refractivity contribution in [2.45, 2.75) is 65.2 Å². The van der Waals surface area contributed by atoms with Crippen molar-refractivity contribution in [1.82, 2.24) is 30.0 Å². The number of likely N-dealkylation sites (tertiary alicyclic amines) is 1. The van der Waals surface area contributed by atoms with Gasteiger partial charge in [0.1, 0.15) is 0 Å². The molecule has 0 aromatic carbocycles. The summed E-state index contributed by atoms with van der Waals surface area (Å²) in [7, 11) is 0. The number of rotatable bonds is 7. The fraction of sp³-hybridized carbons (Fsp3) is 0.684. The summed E-state index contributed by atoms with van der Waals surface area (Å²) in [5, 5.41) is 16.3. The number of tetrazole rings is 1. The van der Waals surface area contributed by atoms with Gasteiger partial charge in [0.15, 0.2) is 5.82 Å². The molecule has 1 atom stereocenters. The third-order valence-electron chi connectivity index (χ3n) is 6.12. The van der Waals surface area contributed by atoms with Gasteiger partial charge in [-0.2, -0.15) is 11.3 Å². The highest BCUT2D eigenvalue weighted by Crippen LogP contribution is 2.57. The molecular weight excluding hydrogens is 360 g/mol. The van der Waals surface area contributed by atoms with Gasteiger partial charge in [-0.3, -0.25) is 9.69 Å². The van der Waals surface area contributed by atoms with Crippen molar-refractivity contribution in [3.05, 3.63) is 28.2 Å². The number of carbonyl (C=O) groups excluding carboxylic acids is 1. The molecule has 2 aromatic heterocycles. The summed E-state index contributed by atoms with van der Waals surface area (Å²) < 4.78 is 1.92. The van der Waals surface area contributed by atoms with Crippen LogP contribution in [0.5, 0.6) is 0 Å². The van der Waals surface area contributed by atoms with E-state index >= 15 is 0 Å². The second-order valence-electron chi connectivity index (χ2n) is 7.96. The van der Waals surface area contributed by atoms with E-state index in [4.69, 9.17) is 0 Å². The lowest BCUT2D eigenvalue weighted by atomic mass is 9.92. The Hall–Kier alpha value is -1.80. The highest BCUT2D eigenvalue weighted by Gasteiger charge is 2.58. The Morgan fingerprint density at radius 2 is 2.22 bits per heavy atom. The number of aromatic nitrogens is 4. The monoisotopic (exact) mass is 388 g/mol. The first kappa shape index (κ1) is 18.6. The van der Waals surface area contributed by atoms with Crippen LogP contribution in [0, 0.1) is 5.41 Å². The Balaban J connectivity index is 1.33. The third-order valence-corrected chi connectivity index (χ3v) is 6.85. The van der Waals surface area contributed by atoms with Gasteiger partial charge >= 0.3 is 0 Å². The molecule has 4 rings (SSSR count). The molecule has 2 aromatic rings. The lowest BCUT2D eigenvalue weighted by Gasteiger charge is -2.34. The molecule has 7 nitrogen and oxygen atoms in total. The van der Waals surface area contributed by atoms with E-state index in [2.05, 4.69) is 49.1 Å². The van der Waals surface area contributed by atoms with Gasteiger partial charge in [-0.1, -0.05) is 6.92 Å². The van der Waals surface area contributed by atoms with E-state index in [9.17, 15) is 4.79 Å². The molecule has 2 fully saturated rings. The Bertz CT molecular complexity index is 765. The van der Waals surface area contributed by atoms with Crippen LogP contribution in [-0.4, -0.2) is 55.0 Å². The zero-order valence-electron chi connectivity index (χ0n) is 16.2. The molecule has 1 saturated heterocycles. The van der Waals surface area contributed by atoms with Gasteiger partial charge in [-0.05, 0) is 77.0 Å². The molecule has 1 aliphatic heterocycles. The molecule has 0 bridgehead atoms. The molecule has 1 amide bonds. The van der Waals surface area contributed by atoms with E-state index in [-0.39, 0.29) is 5.91 Å². The van der Waals surface area contributed by atoms with Gasteiger partial charge < -0.3 is 4.90 Å². The Kier molecular flexibility index (Phi) is 5.27. The second-order valence-corrected chi connectivity index (χ2v) is 8.74. The number of hydrogen-bond donors (Lipinski definition) is 0. The first-order chi connectivity index (χ1) is 13.1. The average Bonchev–Trinajstić information content (AvgIpc) is 3.02. The number of aryl methyl sites for hydroxylation is 1. The van der Waals surface area contributed by atoms with Crippen LogP contribution in [0.25, 0.3) is 0 Å². The summed E-state index contributed by atoms with van der Waals surface area (Å²) in [6.07, 6.45) is 4.49. The molecule has 1 unspecified atom stereocenters. The van der Waals surface area contributed by atoms with E-state index in [1.165, 1.54) is 5.56 Å². The minimum atomic E-state index is 0.198. The van der Waals surface area contributed by atoms with E-state index in [1.54, 1.807) is 18.3 Å². The van der Waals surface area contributed by atoms with E-state index in [0.29, 0.717) is 11.5 Å². The summed E-state index contributed by atoms with van der Waals surface area (Å²) in [5.74, 6) is 1.16. The minimum Gasteiger partial charge on any atom is -0.335 e.